The average molecular weight is 247 g/mol. The van der Waals surface area contributed by atoms with Crippen LogP contribution in [0.25, 0.3) is 0 Å². The third-order valence-electron chi connectivity index (χ3n) is 3.90. The van der Waals surface area contributed by atoms with Crippen LogP contribution in [0.5, 0.6) is 5.75 Å². The maximum absolute atomic E-state index is 6.26. The summed E-state index contributed by atoms with van der Waals surface area (Å²) in [5.41, 5.74) is 8.75. The predicted octanol–water partition coefficient (Wildman–Crippen LogP) is 3.44. The minimum Gasteiger partial charge on any atom is -0.489 e. The van der Waals surface area contributed by atoms with E-state index in [1.807, 2.05) is 0 Å². The molecule has 0 saturated heterocycles. The van der Waals surface area contributed by atoms with Crippen LogP contribution in [0.4, 0.5) is 0 Å². The largest absolute Gasteiger partial charge is 0.489 e. The van der Waals surface area contributed by atoms with Crippen LogP contribution in [0.1, 0.15) is 37.8 Å². The molecule has 2 nitrogen and oxygen atoms in total. The number of aryl methyl sites for hydroxylation is 2. The predicted molar refractivity (Wildman–Crippen MR) is 75.9 cm³/mol. The van der Waals surface area contributed by atoms with Gasteiger partial charge in [0.15, 0.2) is 0 Å². The number of rotatable bonds is 2. The van der Waals surface area contributed by atoms with Crippen LogP contribution >= 0.6 is 0 Å². The average Bonchev–Trinajstić information content (AvgIpc) is 2.22. The molecule has 100 valence electrons. The number of hydrogen-bond acceptors (Lipinski definition) is 2. The van der Waals surface area contributed by atoms with E-state index in [4.69, 9.17) is 10.5 Å². The lowest BCUT2D eigenvalue weighted by Gasteiger charge is -2.37. The Morgan fingerprint density at radius 1 is 1.06 bits per heavy atom. The molecule has 0 amide bonds. The fourth-order valence-corrected chi connectivity index (χ4v) is 3.25. The molecule has 1 fully saturated rings. The number of nitrogens with two attached hydrogens (primary N) is 1. The Morgan fingerprint density at radius 3 is 2.22 bits per heavy atom. The molecule has 0 aromatic heterocycles. The lowest BCUT2D eigenvalue weighted by atomic mass is 9.78. The molecule has 4 atom stereocenters. The van der Waals surface area contributed by atoms with Crippen molar-refractivity contribution in [1.29, 1.82) is 0 Å². The van der Waals surface area contributed by atoms with Gasteiger partial charge in [0.05, 0.1) is 0 Å². The molecule has 1 aromatic rings. The summed E-state index contributed by atoms with van der Waals surface area (Å²) in [4.78, 5) is 0. The first-order chi connectivity index (χ1) is 8.45. The van der Waals surface area contributed by atoms with Crippen LogP contribution in [0.3, 0.4) is 0 Å². The molecule has 2 N–H and O–H groups in total. The molecule has 0 heterocycles. The summed E-state index contributed by atoms with van der Waals surface area (Å²) in [5.74, 6) is 2.22. The van der Waals surface area contributed by atoms with Crippen molar-refractivity contribution in [2.45, 2.75) is 52.7 Å². The van der Waals surface area contributed by atoms with Gasteiger partial charge < -0.3 is 10.5 Å². The Morgan fingerprint density at radius 2 is 1.67 bits per heavy atom. The van der Waals surface area contributed by atoms with E-state index in [0.717, 1.165) is 12.2 Å². The summed E-state index contributed by atoms with van der Waals surface area (Å²) in [5, 5.41) is 0. The van der Waals surface area contributed by atoms with E-state index >= 15 is 0 Å². The third-order valence-corrected chi connectivity index (χ3v) is 3.90. The molecule has 4 unspecified atom stereocenters. The second-order valence-electron chi connectivity index (χ2n) is 6.12. The molecule has 18 heavy (non-hydrogen) atoms. The van der Waals surface area contributed by atoms with E-state index in [0.29, 0.717) is 11.8 Å². The van der Waals surface area contributed by atoms with Gasteiger partial charge in [0.25, 0.3) is 0 Å². The molecule has 2 rings (SSSR count). The Kier molecular flexibility index (Phi) is 3.96. The minimum absolute atomic E-state index is 0.155. The fraction of sp³-hybridized carbons (Fsp3) is 0.625. The standard InChI is InChI=1S/C16H25NO/c1-10-5-11(2)8-14(7-10)18-16-13(4)6-12(3)9-15(16)17/h5,7-8,12-13,15-16H,6,9,17H2,1-4H3. The van der Waals surface area contributed by atoms with Gasteiger partial charge in [-0.3, -0.25) is 0 Å². The highest BCUT2D eigenvalue weighted by Gasteiger charge is 2.33. The van der Waals surface area contributed by atoms with Crippen LogP contribution in [-0.4, -0.2) is 12.1 Å². The zero-order valence-corrected chi connectivity index (χ0v) is 11.9. The van der Waals surface area contributed by atoms with Gasteiger partial charge in [-0.1, -0.05) is 19.9 Å². The zero-order chi connectivity index (χ0) is 13.3. The van der Waals surface area contributed by atoms with Crippen molar-refractivity contribution in [3.05, 3.63) is 29.3 Å². The zero-order valence-electron chi connectivity index (χ0n) is 11.9. The van der Waals surface area contributed by atoms with Crippen LogP contribution in [-0.2, 0) is 0 Å². The molecule has 1 saturated carbocycles. The fourth-order valence-electron chi connectivity index (χ4n) is 3.25. The van der Waals surface area contributed by atoms with Crippen molar-refractivity contribution < 1.29 is 4.74 Å². The van der Waals surface area contributed by atoms with Gasteiger partial charge in [-0.25, -0.2) is 0 Å². The second-order valence-corrected chi connectivity index (χ2v) is 6.12. The number of benzene rings is 1. The van der Waals surface area contributed by atoms with Gasteiger partial charge in [0.1, 0.15) is 11.9 Å². The summed E-state index contributed by atoms with van der Waals surface area (Å²) in [7, 11) is 0. The first-order valence-electron chi connectivity index (χ1n) is 6.96. The lowest BCUT2D eigenvalue weighted by molar-refractivity contribution is 0.0625. The Hall–Kier alpha value is -1.02. The second kappa shape index (κ2) is 5.31. The Labute approximate surface area is 111 Å². The molecule has 1 aromatic carbocycles. The minimum atomic E-state index is 0.155. The van der Waals surface area contributed by atoms with E-state index in [1.54, 1.807) is 0 Å². The Bertz CT molecular complexity index is 383. The number of ether oxygens (including phenoxy) is 1. The molecule has 0 spiro atoms. The lowest BCUT2D eigenvalue weighted by Crippen LogP contribution is -2.48. The Balaban J connectivity index is 2.12. The molecule has 0 radical (unpaired) electrons. The van der Waals surface area contributed by atoms with Gasteiger partial charge in [0.2, 0.25) is 0 Å². The van der Waals surface area contributed by atoms with Gasteiger partial charge in [-0.15, -0.1) is 0 Å². The maximum Gasteiger partial charge on any atom is 0.120 e. The first kappa shape index (κ1) is 13.4. The summed E-state index contributed by atoms with van der Waals surface area (Å²) in [6.45, 7) is 8.74. The van der Waals surface area contributed by atoms with Crippen molar-refractivity contribution in [2.24, 2.45) is 17.6 Å². The summed E-state index contributed by atoms with van der Waals surface area (Å²) in [6, 6.07) is 6.53. The molecular weight excluding hydrogens is 222 g/mol. The van der Waals surface area contributed by atoms with Crippen molar-refractivity contribution in [1.82, 2.24) is 0 Å². The van der Waals surface area contributed by atoms with Gasteiger partial charge in [0, 0.05) is 6.04 Å². The summed E-state index contributed by atoms with van der Waals surface area (Å²) < 4.78 is 6.16. The molecule has 0 aliphatic heterocycles. The normalized spacial score (nSPS) is 32.3. The van der Waals surface area contributed by atoms with Crippen LogP contribution in [0.2, 0.25) is 0 Å². The van der Waals surface area contributed by atoms with E-state index in [2.05, 4.69) is 45.9 Å². The van der Waals surface area contributed by atoms with Gasteiger partial charge >= 0.3 is 0 Å². The van der Waals surface area contributed by atoms with E-state index in [9.17, 15) is 0 Å². The van der Waals surface area contributed by atoms with Crippen molar-refractivity contribution >= 4 is 0 Å². The van der Waals surface area contributed by atoms with Crippen molar-refractivity contribution in [3.63, 3.8) is 0 Å². The highest BCUT2D eigenvalue weighted by atomic mass is 16.5. The van der Waals surface area contributed by atoms with Gasteiger partial charge in [-0.2, -0.15) is 0 Å². The van der Waals surface area contributed by atoms with E-state index in [1.165, 1.54) is 17.5 Å². The van der Waals surface area contributed by atoms with Crippen molar-refractivity contribution in [3.8, 4) is 5.75 Å². The molecule has 1 aliphatic rings. The highest BCUT2D eigenvalue weighted by molar-refractivity contribution is 5.33. The molecule has 2 heteroatoms. The first-order valence-corrected chi connectivity index (χ1v) is 6.96. The molecule has 0 bridgehead atoms. The molecular formula is C16H25NO. The SMILES string of the molecule is Cc1cc(C)cc(OC2C(C)CC(C)CC2N)c1. The van der Waals surface area contributed by atoms with Crippen LogP contribution < -0.4 is 10.5 Å². The van der Waals surface area contributed by atoms with E-state index < -0.39 is 0 Å². The maximum atomic E-state index is 6.26. The van der Waals surface area contributed by atoms with Crippen LogP contribution in [0, 0.1) is 25.7 Å². The quantitative estimate of drug-likeness (QED) is 0.869. The third kappa shape index (κ3) is 3.05. The van der Waals surface area contributed by atoms with Gasteiger partial charge in [-0.05, 0) is 61.8 Å². The van der Waals surface area contributed by atoms with Crippen LogP contribution in [0.15, 0.2) is 18.2 Å². The summed E-state index contributed by atoms with van der Waals surface area (Å²) >= 11 is 0. The molecule has 1 aliphatic carbocycles. The summed E-state index contributed by atoms with van der Waals surface area (Å²) in [6.07, 6.45) is 2.44. The monoisotopic (exact) mass is 247 g/mol. The van der Waals surface area contributed by atoms with E-state index in [-0.39, 0.29) is 12.1 Å². The number of hydrogen-bond donors (Lipinski definition) is 1. The van der Waals surface area contributed by atoms with Crippen molar-refractivity contribution in [2.75, 3.05) is 0 Å². The smallest absolute Gasteiger partial charge is 0.120 e. The topological polar surface area (TPSA) is 35.2 Å². The highest BCUT2D eigenvalue weighted by Crippen LogP contribution is 2.31.